The summed E-state index contributed by atoms with van der Waals surface area (Å²) < 4.78 is 3.67. The Balaban J connectivity index is 3.91. The Bertz CT molecular complexity index is 275. The second kappa shape index (κ2) is 5.53. The van der Waals surface area contributed by atoms with Crippen LogP contribution in [-0.4, -0.2) is 28.3 Å². The van der Waals surface area contributed by atoms with Crippen molar-refractivity contribution in [2.45, 2.75) is 0 Å². The van der Waals surface area contributed by atoms with Gasteiger partial charge in [0, 0.05) is 12.2 Å². The zero-order valence-corrected chi connectivity index (χ0v) is 6.34. The van der Waals surface area contributed by atoms with Crippen LogP contribution < -0.4 is 0 Å². The van der Waals surface area contributed by atoms with Crippen molar-refractivity contribution in [3.63, 3.8) is 0 Å². The second-order valence-corrected chi connectivity index (χ2v) is 1.74. The molecular weight excluding hydrogens is 180 g/mol. The lowest BCUT2D eigenvalue weighted by Crippen LogP contribution is -2.06. The highest BCUT2D eigenvalue weighted by Crippen LogP contribution is 1.84. The van der Waals surface area contributed by atoms with Gasteiger partial charge >= 0.3 is 18.1 Å². The van der Waals surface area contributed by atoms with Crippen molar-refractivity contribution in [3.05, 3.63) is 24.3 Å². The first-order valence-corrected chi connectivity index (χ1v) is 3.05. The van der Waals surface area contributed by atoms with E-state index < -0.39 is 18.1 Å². The van der Waals surface area contributed by atoms with Gasteiger partial charge in [-0.25, -0.2) is 14.4 Å². The molecule has 0 saturated carbocycles. The van der Waals surface area contributed by atoms with Crippen LogP contribution in [0.1, 0.15) is 0 Å². The number of carboxylic acids is 1. The maximum absolute atomic E-state index is 10.4. The van der Waals surface area contributed by atoms with Gasteiger partial charge in [-0.1, -0.05) is 12.2 Å². The Kier molecular flexibility index (Phi) is 4.63. The van der Waals surface area contributed by atoms with Gasteiger partial charge < -0.3 is 14.9 Å². The quantitative estimate of drug-likeness (QED) is 0.286. The van der Waals surface area contributed by atoms with Crippen molar-refractivity contribution in [1.29, 1.82) is 0 Å². The predicted molar refractivity (Wildman–Crippen MR) is 40.0 cm³/mol. The fraction of sp³-hybridized carbons (Fsp3) is 0. The van der Waals surface area contributed by atoms with Crippen molar-refractivity contribution in [3.8, 4) is 0 Å². The van der Waals surface area contributed by atoms with E-state index in [1.807, 2.05) is 0 Å². The Hall–Kier alpha value is -2.11. The van der Waals surface area contributed by atoms with E-state index in [4.69, 9.17) is 10.2 Å². The molecule has 0 atom stereocenters. The lowest BCUT2D eigenvalue weighted by Gasteiger charge is -1.88. The number of hydrogen-bond acceptors (Lipinski definition) is 4. The maximum Gasteiger partial charge on any atom is 0.513 e. The van der Waals surface area contributed by atoms with Crippen LogP contribution in [0.4, 0.5) is 4.79 Å². The molecule has 0 aromatic carbocycles. The molecule has 0 rings (SSSR count). The van der Waals surface area contributed by atoms with Gasteiger partial charge in [-0.05, 0) is 0 Å². The maximum atomic E-state index is 10.4. The third-order valence-electron chi connectivity index (χ3n) is 0.770. The summed E-state index contributed by atoms with van der Waals surface area (Å²) in [4.78, 5) is 30.1. The number of ether oxygens (including phenoxy) is 1. The van der Waals surface area contributed by atoms with Crippen LogP contribution in [0, 0.1) is 0 Å². The molecule has 0 bridgehead atoms. The van der Waals surface area contributed by atoms with E-state index in [-0.39, 0.29) is 0 Å². The van der Waals surface area contributed by atoms with E-state index in [1.165, 1.54) is 0 Å². The number of esters is 1. The van der Waals surface area contributed by atoms with Crippen LogP contribution in [0.25, 0.3) is 0 Å². The third-order valence-corrected chi connectivity index (χ3v) is 0.770. The average molecular weight is 186 g/mol. The third kappa shape index (κ3) is 7.79. The summed E-state index contributed by atoms with van der Waals surface area (Å²) in [6.07, 6.45) is 1.97. The summed E-state index contributed by atoms with van der Waals surface area (Å²) in [5.41, 5.74) is 0. The topological polar surface area (TPSA) is 101 Å². The molecule has 0 amide bonds. The van der Waals surface area contributed by atoms with Gasteiger partial charge in [0.15, 0.2) is 0 Å². The van der Waals surface area contributed by atoms with Gasteiger partial charge in [-0.2, -0.15) is 0 Å². The molecule has 6 nitrogen and oxygen atoms in total. The second-order valence-electron chi connectivity index (χ2n) is 1.74. The van der Waals surface area contributed by atoms with Crippen LogP contribution in [0.2, 0.25) is 0 Å². The number of carboxylic acid groups (broad SMARTS) is 2. The molecule has 0 spiro atoms. The summed E-state index contributed by atoms with van der Waals surface area (Å²) in [5.74, 6) is -2.25. The number of aliphatic carboxylic acids is 1. The monoisotopic (exact) mass is 186 g/mol. The van der Waals surface area contributed by atoms with Crippen LogP contribution in [0.3, 0.4) is 0 Å². The zero-order valence-electron chi connectivity index (χ0n) is 6.34. The van der Waals surface area contributed by atoms with E-state index in [9.17, 15) is 14.4 Å². The summed E-state index contributed by atoms with van der Waals surface area (Å²) in [7, 11) is 0. The smallest absolute Gasteiger partial charge is 0.478 e. The van der Waals surface area contributed by atoms with E-state index in [0.29, 0.717) is 0 Å². The summed E-state index contributed by atoms with van der Waals surface area (Å²) in [6, 6.07) is 0. The van der Waals surface area contributed by atoms with Crippen molar-refractivity contribution in [2.75, 3.05) is 0 Å². The molecule has 70 valence electrons. The van der Waals surface area contributed by atoms with E-state index in [0.717, 1.165) is 24.3 Å². The molecule has 0 aliphatic rings. The lowest BCUT2D eigenvalue weighted by atomic mass is 10.4. The minimum absolute atomic E-state index is 0.782. The van der Waals surface area contributed by atoms with Crippen LogP contribution in [-0.2, 0) is 14.3 Å². The fourth-order valence-electron chi connectivity index (χ4n) is 0.392. The van der Waals surface area contributed by atoms with Gasteiger partial charge in [0.25, 0.3) is 0 Å². The van der Waals surface area contributed by atoms with E-state index in [1.54, 1.807) is 0 Å². The normalized spacial score (nSPS) is 10.5. The van der Waals surface area contributed by atoms with Gasteiger partial charge in [-0.3, -0.25) is 0 Å². The van der Waals surface area contributed by atoms with Crippen molar-refractivity contribution >= 4 is 18.1 Å². The molecule has 0 heterocycles. The van der Waals surface area contributed by atoms with Crippen molar-refractivity contribution in [2.24, 2.45) is 0 Å². The molecule has 0 aromatic rings. The number of hydrogen-bond donors (Lipinski definition) is 2. The van der Waals surface area contributed by atoms with Crippen LogP contribution in [0.5, 0.6) is 0 Å². The highest BCUT2D eigenvalue weighted by molar-refractivity contribution is 5.89. The zero-order chi connectivity index (χ0) is 10.3. The van der Waals surface area contributed by atoms with E-state index >= 15 is 0 Å². The first kappa shape index (κ1) is 10.9. The molecule has 6 heteroatoms. The molecule has 0 unspecified atom stereocenters. The molecule has 0 aliphatic heterocycles. The van der Waals surface area contributed by atoms with Crippen LogP contribution >= 0.6 is 0 Å². The number of carbonyl (C=O) groups is 3. The molecule has 0 aromatic heterocycles. The predicted octanol–water partition coefficient (Wildman–Crippen LogP) is 0.405. The highest BCUT2D eigenvalue weighted by atomic mass is 16.7. The molecule has 0 aliphatic carbocycles. The molecule has 0 radical (unpaired) electrons. The number of carbonyl (C=O) groups excluding carboxylic acids is 1. The summed E-state index contributed by atoms with van der Waals surface area (Å²) >= 11 is 0. The fourth-order valence-corrected chi connectivity index (χ4v) is 0.392. The SMILES string of the molecule is O=C(O)C=C/C=C\C(=O)OC(=O)O. The highest BCUT2D eigenvalue weighted by Gasteiger charge is 2.01. The minimum Gasteiger partial charge on any atom is -0.478 e. The van der Waals surface area contributed by atoms with Crippen LogP contribution in [0.15, 0.2) is 24.3 Å². The Morgan fingerprint density at radius 1 is 1.00 bits per heavy atom. The molecule has 0 fully saturated rings. The number of rotatable bonds is 3. The average Bonchev–Trinajstić information content (AvgIpc) is 1.96. The first-order valence-electron chi connectivity index (χ1n) is 3.05. The Morgan fingerprint density at radius 2 is 1.54 bits per heavy atom. The Labute approximate surface area is 72.7 Å². The van der Waals surface area contributed by atoms with Gasteiger partial charge in [-0.15, -0.1) is 0 Å². The van der Waals surface area contributed by atoms with Crippen molar-refractivity contribution in [1.82, 2.24) is 0 Å². The van der Waals surface area contributed by atoms with Gasteiger partial charge in [0.05, 0.1) is 0 Å². The largest absolute Gasteiger partial charge is 0.513 e. The number of allylic oxidation sites excluding steroid dienone is 2. The summed E-state index contributed by atoms with van der Waals surface area (Å²) in [6.45, 7) is 0. The Morgan fingerprint density at radius 3 is 2.00 bits per heavy atom. The first-order chi connectivity index (χ1) is 6.02. The minimum atomic E-state index is -1.71. The molecular formula is C7H6O6. The standard InChI is InChI=1S/C7H6O6/c8-5(9)3-1-2-4-6(10)13-7(11)12/h1-4H,(H,8,9)(H,11,12)/b3-1?,4-2-. The lowest BCUT2D eigenvalue weighted by molar-refractivity contribution is -0.133. The molecule has 0 saturated heterocycles. The molecule has 13 heavy (non-hydrogen) atoms. The van der Waals surface area contributed by atoms with Crippen molar-refractivity contribution < 1.29 is 29.3 Å². The van der Waals surface area contributed by atoms with Gasteiger partial charge in [0.2, 0.25) is 0 Å². The summed E-state index contributed by atoms with van der Waals surface area (Å²) in [5, 5.41) is 16.0. The van der Waals surface area contributed by atoms with E-state index in [2.05, 4.69) is 4.74 Å². The molecule has 2 N–H and O–H groups in total. The van der Waals surface area contributed by atoms with Gasteiger partial charge in [0.1, 0.15) is 0 Å².